The molecule has 0 saturated carbocycles. The third-order valence-electron chi connectivity index (χ3n) is 1.95. The molecule has 3 nitrogen and oxygen atoms in total. The molecule has 1 aromatic carbocycles. The third-order valence-corrected chi connectivity index (χ3v) is 1.95. The monoisotopic (exact) mass is 194 g/mol. The van der Waals surface area contributed by atoms with Crippen LogP contribution in [0.5, 0.6) is 11.5 Å². The fraction of sp³-hybridized carbons (Fsp3) is 0.273. The van der Waals surface area contributed by atoms with Gasteiger partial charge in [-0.25, -0.2) is 0 Å². The number of benzene rings is 1. The summed E-state index contributed by atoms with van der Waals surface area (Å²) in [7, 11) is 1.58. The van der Waals surface area contributed by atoms with Gasteiger partial charge >= 0.3 is 0 Å². The van der Waals surface area contributed by atoms with E-state index in [0.717, 1.165) is 11.3 Å². The number of aliphatic hydroxyl groups excluding tert-OH is 1. The molecule has 0 aliphatic heterocycles. The highest BCUT2D eigenvalue weighted by molar-refractivity contribution is 5.60. The van der Waals surface area contributed by atoms with E-state index in [2.05, 4.69) is 0 Å². The van der Waals surface area contributed by atoms with Crippen LogP contribution in [-0.4, -0.2) is 23.9 Å². The van der Waals surface area contributed by atoms with Crippen LogP contribution in [0.3, 0.4) is 0 Å². The van der Waals surface area contributed by atoms with Crippen molar-refractivity contribution in [3.8, 4) is 11.5 Å². The number of aromatic hydroxyl groups is 1. The van der Waals surface area contributed by atoms with Crippen molar-refractivity contribution >= 4 is 6.08 Å². The number of aliphatic hydroxyl groups is 1. The first kappa shape index (κ1) is 10.6. The largest absolute Gasteiger partial charge is 0.507 e. The average molecular weight is 194 g/mol. The lowest BCUT2D eigenvalue weighted by atomic mass is 10.1. The standard InChI is InChI=1S/C11H14O3/c1-8-6-10(13)9(4-3-5-12)7-11(8)14-2/h3-4,6-7,12-13H,5H2,1-2H3/b4-3-. The first-order valence-electron chi connectivity index (χ1n) is 4.34. The molecule has 0 aromatic heterocycles. The van der Waals surface area contributed by atoms with Gasteiger partial charge in [0, 0.05) is 5.56 Å². The fourth-order valence-electron chi connectivity index (χ4n) is 1.22. The van der Waals surface area contributed by atoms with Crippen molar-refractivity contribution in [2.75, 3.05) is 13.7 Å². The lowest BCUT2D eigenvalue weighted by Crippen LogP contribution is -1.88. The minimum Gasteiger partial charge on any atom is -0.507 e. The Morgan fingerprint density at radius 2 is 2.14 bits per heavy atom. The average Bonchev–Trinajstić information content (AvgIpc) is 2.17. The molecule has 0 aliphatic carbocycles. The molecule has 0 heterocycles. The second-order valence-electron chi connectivity index (χ2n) is 2.97. The van der Waals surface area contributed by atoms with Crippen LogP contribution in [0.25, 0.3) is 6.08 Å². The Kier molecular flexibility index (Phi) is 3.54. The van der Waals surface area contributed by atoms with Gasteiger partial charge in [-0.1, -0.05) is 12.2 Å². The van der Waals surface area contributed by atoms with E-state index in [-0.39, 0.29) is 12.4 Å². The van der Waals surface area contributed by atoms with Gasteiger partial charge in [-0.15, -0.1) is 0 Å². The van der Waals surface area contributed by atoms with Crippen molar-refractivity contribution in [1.82, 2.24) is 0 Å². The van der Waals surface area contributed by atoms with Crippen molar-refractivity contribution < 1.29 is 14.9 Å². The van der Waals surface area contributed by atoms with Gasteiger partial charge in [-0.3, -0.25) is 0 Å². The Bertz CT molecular complexity index is 343. The molecule has 0 bridgehead atoms. The van der Waals surface area contributed by atoms with Crippen LogP contribution in [-0.2, 0) is 0 Å². The molecule has 1 aromatic rings. The van der Waals surface area contributed by atoms with Gasteiger partial charge in [0.2, 0.25) is 0 Å². The fourth-order valence-corrected chi connectivity index (χ4v) is 1.22. The molecular weight excluding hydrogens is 180 g/mol. The molecule has 76 valence electrons. The van der Waals surface area contributed by atoms with E-state index in [9.17, 15) is 5.11 Å². The summed E-state index contributed by atoms with van der Waals surface area (Å²) in [4.78, 5) is 0. The van der Waals surface area contributed by atoms with Crippen LogP contribution in [0.2, 0.25) is 0 Å². The number of ether oxygens (including phenoxy) is 1. The summed E-state index contributed by atoms with van der Waals surface area (Å²) in [6.45, 7) is 1.81. The van der Waals surface area contributed by atoms with Gasteiger partial charge in [0.15, 0.2) is 0 Å². The minimum absolute atomic E-state index is 0.0460. The molecule has 0 fully saturated rings. The summed E-state index contributed by atoms with van der Waals surface area (Å²) in [5.74, 6) is 0.911. The van der Waals surface area contributed by atoms with Crippen LogP contribution >= 0.6 is 0 Å². The van der Waals surface area contributed by atoms with Gasteiger partial charge in [0.1, 0.15) is 11.5 Å². The normalized spacial score (nSPS) is 10.8. The summed E-state index contributed by atoms with van der Waals surface area (Å²) in [5, 5.41) is 18.1. The highest BCUT2D eigenvalue weighted by Gasteiger charge is 2.03. The van der Waals surface area contributed by atoms with Crippen LogP contribution < -0.4 is 4.74 Å². The molecule has 0 aliphatic rings. The van der Waals surface area contributed by atoms with E-state index in [1.807, 2.05) is 6.92 Å². The van der Waals surface area contributed by atoms with Gasteiger partial charge < -0.3 is 14.9 Å². The van der Waals surface area contributed by atoms with Crippen molar-refractivity contribution in [3.63, 3.8) is 0 Å². The van der Waals surface area contributed by atoms with Crippen LogP contribution in [0.4, 0.5) is 0 Å². The Morgan fingerprint density at radius 1 is 1.43 bits per heavy atom. The lowest BCUT2D eigenvalue weighted by molar-refractivity contribution is 0.343. The Labute approximate surface area is 83.3 Å². The van der Waals surface area contributed by atoms with E-state index in [4.69, 9.17) is 9.84 Å². The number of phenolic OH excluding ortho intramolecular Hbond substituents is 1. The third kappa shape index (κ3) is 2.26. The predicted octanol–water partition coefficient (Wildman–Crippen LogP) is 1.71. The number of rotatable bonds is 3. The van der Waals surface area contributed by atoms with E-state index < -0.39 is 0 Å². The molecule has 3 heteroatoms. The first-order chi connectivity index (χ1) is 6.69. The molecule has 0 spiro atoms. The zero-order valence-corrected chi connectivity index (χ0v) is 8.32. The van der Waals surface area contributed by atoms with Crippen molar-refractivity contribution in [3.05, 3.63) is 29.3 Å². The van der Waals surface area contributed by atoms with Crippen LogP contribution in [0.15, 0.2) is 18.2 Å². The Morgan fingerprint density at radius 3 is 2.71 bits per heavy atom. The number of hydrogen-bond donors (Lipinski definition) is 2. The van der Waals surface area contributed by atoms with E-state index in [1.54, 1.807) is 31.4 Å². The van der Waals surface area contributed by atoms with Crippen LogP contribution in [0.1, 0.15) is 11.1 Å². The van der Waals surface area contributed by atoms with E-state index in [1.165, 1.54) is 0 Å². The van der Waals surface area contributed by atoms with E-state index >= 15 is 0 Å². The number of methoxy groups -OCH3 is 1. The van der Waals surface area contributed by atoms with Crippen LogP contribution in [0, 0.1) is 6.92 Å². The molecule has 0 unspecified atom stereocenters. The molecular formula is C11H14O3. The molecule has 0 radical (unpaired) electrons. The predicted molar refractivity (Wildman–Crippen MR) is 55.5 cm³/mol. The minimum atomic E-state index is -0.0460. The topological polar surface area (TPSA) is 49.7 Å². The van der Waals surface area contributed by atoms with Gasteiger partial charge in [0.05, 0.1) is 13.7 Å². The Hall–Kier alpha value is -1.48. The maximum absolute atomic E-state index is 9.55. The van der Waals surface area contributed by atoms with Crippen molar-refractivity contribution in [1.29, 1.82) is 0 Å². The van der Waals surface area contributed by atoms with Gasteiger partial charge in [0.25, 0.3) is 0 Å². The molecule has 1 rings (SSSR count). The van der Waals surface area contributed by atoms with Gasteiger partial charge in [-0.2, -0.15) is 0 Å². The van der Waals surface area contributed by atoms with Gasteiger partial charge in [-0.05, 0) is 24.6 Å². The number of aryl methyl sites for hydroxylation is 1. The van der Waals surface area contributed by atoms with Crippen molar-refractivity contribution in [2.45, 2.75) is 6.92 Å². The highest BCUT2D eigenvalue weighted by atomic mass is 16.5. The summed E-state index contributed by atoms with van der Waals surface area (Å²) >= 11 is 0. The van der Waals surface area contributed by atoms with Crippen molar-refractivity contribution in [2.24, 2.45) is 0 Å². The number of phenols is 1. The number of hydrogen-bond acceptors (Lipinski definition) is 3. The summed E-state index contributed by atoms with van der Waals surface area (Å²) < 4.78 is 5.11. The quantitative estimate of drug-likeness (QED) is 0.770. The highest BCUT2D eigenvalue weighted by Crippen LogP contribution is 2.28. The first-order valence-corrected chi connectivity index (χ1v) is 4.34. The molecule has 0 saturated heterocycles. The lowest BCUT2D eigenvalue weighted by Gasteiger charge is -2.07. The molecule has 14 heavy (non-hydrogen) atoms. The maximum atomic E-state index is 9.55. The summed E-state index contributed by atoms with van der Waals surface area (Å²) in [5.41, 5.74) is 1.52. The summed E-state index contributed by atoms with van der Waals surface area (Å²) in [6, 6.07) is 3.37. The Balaban J connectivity index is 3.10. The molecule has 0 atom stereocenters. The summed E-state index contributed by atoms with van der Waals surface area (Å²) in [6.07, 6.45) is 3.21. The SMILES string of the molecule is COc1cc(/C=C\CO)c(O)cc1C. The molecule has 0 amide bonds. The second-order valence-corrected chi connectivity index (χ2v) is 2.97. The zero-order chi connectivity index (χ0) is 10.6. The second kappa shape index (κ2) is 4.67. The zero-order valence-electron chi connectivity index (χ0n) is 8.32. The molecule has 2 N–H and O–H groups in total. The smallest absolute Gasteiger partial charge is 0.123 e. The maximum Gasteiger partial charge on any atom is 0.123 e. The van der Waals surface area contributed by atoms with E-state index in [0.29, 0.717) is 5.56 Å².